The molecule has 2 amide bonds. The summed E-state index contributed by atoms with van der Waals surface area (Å²) in [6.07, 6.45) is 0.136. The Morgan fingerprint density at radius 1 is 1.00 bits per heavy atom. The lowest BCUT2D eigenvalue weighted by atomic mass is 10.1. The predicted octanol–water partition coefficient (Wildman–Crippen LogP) is 2.51. The second kappa shape index (κ2) is 5.86. The number of para-hydroxylation sites is 2. The third-order valence-electron chi connectivity index (χ3n) is 3.83. The molecule has 2 aromatic carbocycles. The fourth-order valence-corrected chi connectivity index (χ4v) is 2.63. The van der Waals surface area contributed by atoms with Gasteiger partial charge in [0.05, 0.1) is 17.5 Å². The normalized spacial score (nSPS) is 13.4. The van der Waals surface area contributed by atoms with Gasteiger partial charge in [-0.3, -0.25) is 9.59 Å². The number of aryl methyl sites for hydroxylation is 1. The van der Waals surface area contributed by atoms with Gasteiger partial charge in [0.1, 0.15) is 5.52 Å². The number of amides is 2. The molecule has 1 aromatic heterocycles. The molecule has 1 aliphatic heterocycles. The van der Waals surface area contributed by atoms with E-state index in [0.29, 0.717) is 22.1 Å². The number of hydrogen-bond donors (Lipinski definition) is 0. The summed E-state index contributed by atoms with van der Waals surface area (Å²) in [5.74, 6) is -1.61. The number of nitrogens with zero attached hydrogens (tertiary/aromatic N) is 2. The van der Waals surface area contributed by atoms with E-state index < -0.39 is 17.8 Å². The Kier molecular flexibility index (Phi) is 3.53. The minimum atomic E-state index is -0.711. The average molecular weight is 336 g/mol. The summed E-state index contributed by atoms with van der Waals surface area (Å²) in [6.45, 7) is 0. The molecule has 4 rings (SSSR count). The maximum absolute atomic E-state index is 12.1. The van der Waals surface area contributed by atoms with Gasteiger partial charge in [0.15, 0.2) is 11.5 Å². The van der Waals surface area contributed by atoms with E-state index in [2.05, 4.69) is 4.98 Å². The van der Waals surface area contributed by atoms with Gasteiger partial charge < -0.3 is 9.25 Å². The maximum Gasteiger partial charge on any atom is 0.333 e. The van der Waals surface area contributed by atoms with Crippen molar-refractivity contribution in [3.8, 4) is 0 Å². The number of aromatic nitrogens is 1. The van der Waals surface area contributed by atoms with E-state index in [9.17, 15) is 14.4 Å². The first-order valence-corrected chi connectivity index (χ1v) is 7.66. The fraction of sp³-hybridized carbons (Fsp3) is 0.111. The molecule has 2 heterocycles. The molecule has 0 saturated heterocycles. The van der Waals surface area contributed by atoms with Gasteiger partial charge >= 0.3 is 5.97 Å². The zero-order chi connectivity index (χ0) is 17.4. The van der Waals surface area contributed by atoms with Crippen molar-refractivity contribution >= 4 is 28.9 Å². The van der Waals surface area contributed by atoms with E-state index >= 15 is 0 Å². The predicted molar refractivity (Wildman–Crippen MR) is 85.4 cm³/mol. The summed E-state index contributed by atoms with van der Waals surface area (Å²) in [4.78, 5) is 45.5. The van der Waals surface area contributed by atoms with E-state index in [0.717, 1.165) is 0 Å². The molecule has 0 N–H and O–H groups in total. The van der Waals surface area contributed by atoms with Crippen LogP contribution in [0.15, 0.2) is 52.9 Å². The average Bonchev–Trinajstić information content (AvgIpc) is 3.15. The minimum absolute atomic E-state index is 0.0692. The quantitative estimate of drug-likeness (QED) is 0.680. The number of oxazole rings is 1. The molecule has 0 aliphatic carbocycles. The van der Waals surface area contributed by atoms with Gasteiger partial charge in [0, 0.05) is 6.42 Å². The zero-order valence-corrected chi connectivity index (χ0v) is 13.0. The minimum Gasteiger partial charge on any atom is -0.441 e. The van der Waals surface area contributed by atoms with Crippen molar-refractivity contribution in [2.45, 2.75) is 12.8 Å². The van der Waals surface area contributed by atoms with Crippen LogP contribution in [0.4, 0.5) is 0 Å². The molecule has 0 spiro atoms. The fourth-order valence-electron chi connectivity index (χ4n) is 2.63. The monoisotopic (exact) mass is 336 g/mol. The molecule has 0 radical (unpaired) electrons. The SMILES string of the molecule is O=C(CCc1nc2ccccc2o1)ON1C(=O)c2ccccc2C1=O. The number of hydrogen-bond acceptors (Lipinski definition) is 6. The molecule has 7 nitrogen and oxygen atoms in total. The van der Waals surface area contributed by atoms with Gasteiger partial charge in [0.2, 0.25) is 0 Å². The highest BCUT2D eigenvalue weighted by Gasteiger charge is 2.38. The van der Waals surface area contributed by atoms with Crippen LogP contribution in [0.2, 0.25) is 0 Å². The molecule has 25 heavy (non-hydrogen) atoms. The van der Waals surface area contributed by atoms with Crippen LogP contribution in [0.3, 0.4) is 0 Å². The molecule has 7 heteroatoms. The van der Waals surface area contributed by atoms with Crippen molar-refractivity contribution in [2.24, 2.45) is 0 Å². The van der Waals surface area contributed by atoms with Crippen LogP contribution in [0, 0.1) is 0 Å². The summed E-state index contributed by atoms with van der Waals surface area (Å²) in [5.41, 5.74) is 1.77. The van der Waals surface area contributed by atoms with Gasteiger partial charge in [-0.15, -0.1) is 0 Å². The van der Waals surface area contributed by atoms with Crippen LogP contribution in [0.5, 0.6) is 0 Å². The third kappa shape index (κ3) is 2.65. The lowest BCUT2D eigenvalue weighted by Gasteiger charge is -2.12. The van der Waals surface area contributed by atoms with Gasteiger partial charge in [-0.05, 0) is 24.3 Å². The van der Waals surface area contributed by atoms with E-state index in [1.807, 2.05) is 12.1 Å². The highest BCUT2D eigenvalue weighted by Crippen LogP contribution is 2.23. The van der Waals surface area contributed by atoms with Crippen LogP contribution in [-0.2, 0) is 16.1 Å². The molecule has 3 aromatic rings. The Morgan fingerprint density at radius 3 is 2.32 bits per heavy atom. The standard InChI is InChI=1S/C18H12N2O5/c21-16(10-9-15-19-13-7-3-4-8-14(13)24-15)25-20-17(22)11-5-1-2-6-12(11)18(20)23/h1-8H,9-10H2. The van der Waals surface area contributed by atoms with Crippen LogP contribution in [0.1, 0.15) is 33.0 Å². The molecule has 0 fully saturated rings. The Bertz CT molecular complexity index is 939. The largest absolute Gasteiger partial charge is 0.441 e. The van der Waals surface area contributed by atoms with Crippen LogP contribution in [0.25, 0.3) is 11.1 Å². The third-order valence-corrected chi connectivity index (χ3v) is 3.83. The highest BCUT2D eigenvalue weighted by molar-refractivity contribution is 6.20. The number of carbonyl (C=O) groups is 3. The second-order valence-corrected chi connectivity index (χ2v) is 5.49. The first-order valence-electron chi connectivity index (χ1n) is 7.66. The van der Waals surface area contributed by atoms with Crippen LogP contribution >= 0.6 is 0 Å². The topological polar surface area (TPSA) is 89.7 Å². The van der Waals surface area contributed by atoms with Gasteiger partial charge in [-0.25, -0.2) is 9.78 Å². The summed E-state index contributed by atoms with van der Waals surface area (Å²) < 4.78 is 5.51. The molecule has 0 bridgehead atoms. The molecular weight excluding hydrogens is 324 g/mol. The number of hydroxylamine groups is 2. The van der Waals surface area contributed by atoms with E-state index in [1.165, 1.54) is 12.1 Å². The Labute approximate surface area is 141 Å². The Morgan fingerprint density at radius 2 is 1.64 bits per heavy atom. The molecule has 124 valence electrons. The van der Waals surface area contributed by atoms with Crippen LogP contribution in [-0.4, -0.2) is 27.8 Å². The first kappa shape index (κ1) is 15.1. The number of carbonyl (C=O) groups excluding carboxylic acids is 3. The molecule has 0 unspecified atom stereocenters. The lowest BCUT2D eigenvalue weighted by Crippen LogP contribution is -2.32. The Balaban J connectivity index is 1.41. The van der Waals surface area contributed by atoms with Gasteiger partial charge in [-0.1, -0.05) is 29.3 Å². The van der Waals surface area contributed by atoms with E-state index in [4.69, 9.17) is 9.25 Å². The molecule has 1 aliphatic rings. The summed E-state index contributed by atoms with van der Waals surface area (Å²) in [7, 11) is 0. The van der Waals surface area contributed by atoms with Crippen molar-refractivity contribution in [2.75, 3.05) is 0 Å². The number of fused-ring (bicyclic) bond motifs is 2. The highest BCUT2D eigenvalue weighted by atomic mass is 16.7. The van der Waals surface area contributed by atoms with Crippen LogP contribution < -0.4 is 0 Å². The smallest absolute Gasteiger partial charge is 0.333 e. The second-order valence-electron chi connectivity index (χ2n) is 5.49. The van der Waals surface area contributed by atoms with Crippen molar-refractivity contribution in [3.05, 3.63) is 65.5 Å². The molecule has 0 saturated carbocycles. The van der Waals surface area contributed by atoms with E-state index in [-0.39, 0.29) is 24.0 Å². The molecular formula is C18H12N2O5. The summed E-state index contributed by atoms with van der Waals surface area (Å²) in [6, 6.07) is 13.6. The summed E-state index contributed by atoms with van der Waals surface area (Å²) in [5, 5.41) is 0.499. The zero-order valence-electron chi connectivity index (χ0n) is 13.0. The first-order chi connectivity index (χ1) is 12.1. The van der Waals surface area contributed by atoms with Gasteiger partial charge in [-0.2, -0.15) is 0 Å². The number of rotatable bonds is 4. The van der Waals surface area contributed by atoms with E-state index in [1.54, 1.807) is 24.3 Å². The maximum atomic E-state index is 12.1. The van der Waals surface area contributed by atoms with Gasteiger partial charge in [0.25, 0.3) is 11.8 Å². The number of imide groups is 1. The summed E-state index contributed by atoms with van der Waals surface area (Å²) >= 11 is 0. The Hall–Kier alpha value is -3.48. The van der Waals surface area contributed by atoms with Crippen molar-refractivity contribution in [1.29, 1.82) is 0 Å². The van der Waals surface area contributed by atoms with Crippen molar-refractivity contribution in [3.63, 3.8) is 0 Å². The van der Waals surface area contributed by atoms with Crippen molar-refractivity contribution < 1.29 is 23.6 Å². The number of benzene rings is 2. The lowest BCUT2D eigenvalue weighted by molar-refractivity contribution is -0.168. The van der Waals surface area contributed by atoms with Crippen molar-refractivity contribution in [1.82, 2.24) is 10.0 Å². The molecule has 0 atom stereocenters.